The summed E-state index contributed by atoms with van der Waals surface area (Å²) in [5.41, 5.74) is 7.69. The van der Waals surface area contributed by atoms with Gasteiger partial charge in [-0.25, -0.2) is 0 Å². The maximum absolute atomic E-state index is 6.61. The molecule has 100 valence electrons. The Labute approximate surface area is 123 Å². The highest BCUT2D eigenvalue weighted by molar-refractivity contribution is 9.10. The molecule has 0 spiro atoms. The highest BCUT2D eigenvalue weighted by Crippen LogP contribution is 2.37. The van der Waals surface area contributed by atoms with E-state index in [9.17, 15) is 0 Å². The second kappa shape index (κ2) is 5.52. The topological polar surface area (TPSA) is 26.0 Å². The molecular weight excluding hydrogens is 310 g/mol. The average molecular weight is 331 g/mol. The van der Waals surface area contributed by atoms with Crippen LogP contribution in [0.25, 0.3) is 0 Å². The fourth-order valence-electron chi connectivity index (χ4n) is 3.51. The molecule has 18 heavy (non-hydrogen) atoms. The number of rotatable bonds is 2. The quantitative estimate of drug-likeness (QED) is 0.828. The monoisotopic (exact) mass is 329 g/mol. The van der Waals surface area contributed by atoms with E-state index in [1.54, 1.807) is 0 Å². The molecule has 1 saturated carbocycles. The summed E-state index contributed by atoms with van der Waals surface area (Å²) < 4.78 is 1.02. The number of benzene rings is 1. The van der Waals surface area contributed by atoms with Crippen molar-refractivity contribution < 1.29 is 0 Å². The van der Waals surface area contributed by atoms with Gasteiger partial charge in [0.05, 0.1) is 0 Å². The Balaban J connectivity index is 2.16. The van der Waals surface area contributed by atoms with Gasteiger partial charge in [0.1, 0.15) is 0 Å². The highest BCUT2D eigenvalue weighted by atomic mass is 79.9. The van der Waals surface area contributed by atoms with E-state index in [1.807, 2.05) is 12.1 Å². The van der Waals surface area contributed by atoms with Gasteiger partial charge in [0.2, 0.25) is 0 Å². The molecule has 1 aromatic carbocycles. The van der Waals surface area contributed by atoms with Crippen LogP contribution in [-0.2, 0) is 6.42 Å². The minimum atomic E-state index is -0.0887. The number of hydrogen-bond acceptors (Lipinski definition) is 1. The van der Waals surface area contributed by atoms with E-state index in [2.05, 4.69) is 35.8 Å². The fraction of sp³-hybridized carbons (Fsp3) is 0.600. The summed E-state index contributed by atoms with van der Waals surface area (Å²) in [5, 5.41) is 0.820. The van der Waals surface area contributed by atoms with Crippen molar-refractivity contribution in [2.75, 3.05) is 0 Å². The van der Waals surface area contributed by atoms with Crippen LogP contribution in [0.4, 0.5) is 0 Å². The molecule has 0 bridgehead atoms. The molecule has 1 aromatic rings. The first-order valence-electron chi connectivity index (χ1n) is 6.61. The van der Waals surface area contributed by atoms with Crippen LogP contribution >= 0.6 is 27.5 Å². The van der Waals surface area contributed by atoms with Crippen LogP contribution in [-0.4, -0.2) is 5.54 Å². The zero-order valence-corrected chi connectivity index (χ0v) is 13.4. The maximum atomic E-state index is 6.61. The predicted octanol–water partition coefficient (Wildman–Crippen LogP) is 4.80. The molecule has 0 radical (unpaired) electrons. The summed E-state index contributed by atoms with van der Waals surface area (Å²) in [6.45, 7) is 4.61. The molecule has 0 amide bonds. The van der Waals surface area contributed by atoms with Gasteiger partial charge in [-0.3, -0.25) is 0 Å². The van der Waals surface area contributed by atoms with Gasteiger partial charge in [0.25, 0.3) is 0 Å². The van der Waals surface area contributed by atoms with E-state index < -0.39 is 0 Å². The standard InChI is InChI=1S/C15H21BrClN/c1-10-5-11(2)8-15(18,7-10)9-12-3-4-13(16)6-14(12)17/h3-4,6,10-11H,5,7-9,18H2,1-2H3. The van der Waals surface area contributed by atoms with Crippen molar-refractivity contribution in [1.82, 2.24) is 0 Å². The minimum Gasteiger partial charge on any atom is -0.325 e. The van der Waals surface area contributed by atoms with Crippen molar-refractivity contribution >= 4 is 27.5 Å². The molecule has 0 saturated heterocycles. The van der Waals surface area contributed by atoms with E-state index in [0.717, 1.165) is 28.8 Å². The average Bonchev–Trinajstić information content (AvgIpc) is 2.20. The van der Waals surface area contributed by atoms with Gasteiger partial charge in [0, 0.05) is 15.0 Å². The lowest BCUT2D eigenvalue weighted by Gasteiger charge is -2.40. The van der Waals surface area contributed by atoms with Crippen molar-refractivity contribution in [1.29, 1.82) is 0 Å². The van der Waals surface area contributed by atoms with Gasteiger partial charge >= 0.3 is 0 Å². The summed E-state index contributed by atoms with van der Waals surface area (Å²) in [6, 6.07) is 6.08. The fourth-order valence-corrected chi connectivity index (χ4v) is 4.25. The Bertz CT molecular complexity index is 423. The summed E-state index contributed by atoms with van der Waals surface area (Å²) in [4.78, 5) is 0. The summed E-state index contributed by atoms with van der Waals surface area (Å²) >= 11 is 9.74. The van der Waals surface area contributed by atoms with Crippen LogP contribution in [0.15, 0.2) is 22.7 Å². The Morgan fingerprint density at radius 2 is 1.94 bits per heavy atom. The Kier molecular flexibility index (Phi) is 4.40. The maximum Gasteiger partial charge on any atom is 0.0449 e. The van der Waals surface area contributed by atoms with E-state index in [0.29, 0.717) is 11.8 Å². The normalized spacial score (nSPS) is 32.5. The predicted molar refractivity (Wildman–Crippen MR) is 82.0 cm³/mol. The summed E-state index contributed by atoms with van der Waals surface area (Å²) in [6.07, 6.45) is 4.38. The second-order valence-electron chi connectivity index (χ2n) is 6.13. The van der Waals surface area contributed by atoms with Gasteiger partial charge in [-0.15, -0.1) is 0 Å². The molecule has 0 aliphatic heterocycles. The molecule has 1 fully saturated rings. The lowest BCUT2D eigenvalue weighted by molar-refractivity contribution is 0.182. The SMILES string of the molecule is CC1CC(C)CC(N)(Cc2ccc(Br)cc2Cl)C1. The van der Waals surface area contributed by atoms with Gasteiger partial charge in [-0.1, -0.05) is 47.4 Å². The van der Waals surface area contributed by atoms with Crippen molar-refractivity contribution in [3.8, 4) is 0 Å². The zero-order valence-electron chi connectivity index (χ0n) is 11.0. The Morgan fingerprint density at radius 1 is 1.33 bits per heavy atom. The van der Waals surface area contributed by atoms with Crippen LogP contribution in [0, 0.1) is 11.8 Å². The summed E-state index contributed by atoms with van der Waals surface area (Å²) in [7, 11) is 0. The van der Waals surface area contributed by atoms with E-state index in [4.69, 9.17) is 17.3 Å². The second-order valence-corrected chi connectivity index (χ2v) is 7.45. The molecule has 2 unspecified atom stereocenters. The van der Waals surface area contributed by atoms with Crippen LogP contribution in [0.3, 0.4) is 0 Å². The van der Waals surface area contributed by atoms with Gasteiger partial charge in [0.15, 0.2) is 0 Å². The van der Waals surface area contributed by atoms with Crippen LogP contribution < -0.4 is 5.73 Å². The van der Waals surface area contributed by atoms with E-state index >= 15 is 0 Å². The summed E-state index contributed by atoms with van der Waals surface area (Å²) in [5.74, 6) is 1.43. The van der Waals surface area contributed by atoms with E-state index in [-0.39, 0.29) is 5.54 Å². The van der Waals surface area contributed by atoms with Crippen LogP contribution in [0.2, 0.25) is 5.02 Å². The number of halogens is 2. The van der Waals surface area contributed by atoms with Gasteiger partial charge < -0.3 is 5.73 Å². The third kappa shape index (κ3) is 3.49. The molecule has 2 N–H and O–H groups in total. The van der Waals surface area contributed by atoms with Crippen LogP contribution in [0.1, 0.15) is 38.7 Å². The first-order valence-corrected chi connectivity index (χ1v) is 7.78. The zero-order chi connectivity index (χ0) is 13.3. The first kappa shape index (κ1) is 14.4. The van der Waals surface area contributed by atoms with Crippen molar-refractivity contribution in [3.63, 3.8) is 0 Å². The molecule has 1 aliphatic carbocycles. The first-order chi connectivity index (χ1) is 8.38. The molecule has 2 atom stereocenters. The van der Waals surface area contributed by atoms with Crippen LogP contribution in [0.5, 0.6) is 0 Å². The number of hydrogen-bond donors (Lipinski definition) is 1. The lowest BCUT2D eigenvalue weighted by Crippen LogP contribution is -2.48. The molecule has 1 nitrogen and oxygen atoms in total. The van der Waals surface area contributed by atoms with Gasteiger partial charge in [-0.05, 0) is 55.2 Å². The van der Waals surface area contributed by atoms with Crippen molar-refractivity contribution in [2.24, 2.45) is 17.6 Å². The third-order valence-corrected chi connectivity index (χ3v) is 4.72. The minimum absolute atomic E-state index is 0.0887. The Morgan fingerprint density at radius 3 is 2.50 bits per heavy atom. The van der Waals surface area contributed by atoms with Crippen molar-refractivity contribution in [3.05, 3.63) is 33.3 Å². The molecular formula is C15H21BrClN. The Hall–Kier alpha value is -0.0500. The third-order valence-electron chi connectivity index (χ3n) is 3.87. The molecule has 3 heteroatoms. The molecule has 0 heterocycles. The lowest BCUT2D eigenvalue weighted by atomic mass is 9.70. The van der Waals surface area contributed by atoms with E-state index in [1.165, 1.54) is 12.0 Å². The van der Waals surface area contributed by atoms with Crippen molar-refractivity contribution in [2.45, 2.75) is 45.1 Å². The van der Waals surface area contributed by atoms with Gasteiger partial charge in [-0.2, -0.15) is 0 Å². The molecule has 2 rings (SSSR count). The largest absolute Gasteiger partial charge is 0.325 e. The smallest absolute Gasteiger partial charge is 0.0449 e. The highest BCUT2D eigenvalue weighted by Gasteiger charge is 2.34. The number of nitrogens with two attached hydrogens (primary N) is 1. The molecule has 1 aliphatic rings. The molecule has 0 aromatic heterocycles.